The number of amides is 1. The fraction of sp³-hybridized carbons (Fsp3) is 0.522. The molecule has 0 saturated carbocycles. The Morgan fingerprint density at radius 1 is 1.11 bits per heavy atom. The lowest BCUT2D eigenvalue weighted by molar-refractivity contribution is -0.122. The van der Waals surface area contributed by atoms with Gasteiger partial charge in [-0.05, 0) is 60.1 Å². The van der Waals surface area contributed by atoms with Crippen molar-refractivity contribution in [2.45, 2.75) is 70.0 Å². The van der Waals surface area contributed by atoms with Gasteiger partial charge in [0.25, 0.3) is 0 Å². The smallest absolute Gasteiger partial charge is 0.221 e. The zero-order valence-corrected chi connectivity index (χ0v) is 18.3. The molecule has 3 nitrogen and oxygen atoms in total. The summed E-state index contributed by atoms with van der Waals surface area (Å²) < 4.78 is 0. The maximum Gasteiger partial charge on any atom is 0.221 e. The number of rotatable bonds is 6. The van der Waals surface area contributed by atoms with E-state index in [9.17, 15) is 4.79 Å². The number of carbonyl (C=O) groups is 1. The first-order chi connectivity index (χ1) is 13.1. The highest BCUT2D eigenvalue weighted by Crippen LogP contribution is 2.33. The molecule has 2 aliphatic heterocycles. The molecule has 3 unspecified atom stereocenters. The molecule has 5 heteroatoms. The lowest BCUT2D eigenvalue weighted by atomic mass is 9.89. The molecule has 0 aliphatic carbocycles. The van der Waals surface area contributed by atoms with Crippen LogP contribution in [0.25, 0.3) is 0 Å². The number of hydrogen-bond donors (Lipinski definition) is 2. The summed E-state index contributed by atoms with van der Waals surface area (Å²) in [6.07, 6.45) is 5.51. The predicted molar refractivity (Wildman–Crippen MR) is 119 cm³/mol. The van der Waals surface area contributed by atoms with Gasteiger partial charge >= 0.3 is 0 Å². The molecule has 0 spiro atoms. The van der Waals surface area contributed by atoms with Crippen molar-refractivity contribution in [3.05, 3.63) is 57.8 Å². The summed E-state index contributed by atoms with van der Waals surface area (Å²) in [7, 11) is 0. The van der Waals surface area contributed by atoms with E-state index in [0.717, 1.165) is 12.8 Å². The van der Waals surface area contributed by atoms with Crippen LogP contribution in [0, 0.1) is 5.92 Å². The van der Waals surface area contributed by atoms with Crippen LogP contribution in [0.5, 0.6) is 0 Å². The van der Waals surface area contributed by atoms with Crippen molar-refractivity contribution in [1.29, 1.82) is 0 Å². The number of hydrogen-bond acceptors (Lipinski definition) is 3. The van der Waals surface area contributed by atoms with Gasteiger partial charge < -0.3 is 10.6 Å². The van der Waals surface area contributed by atoms with Gasteiger partial charge in [0.15, 0.2) is 0 Å². The fourth-order valence-corrected chi connectivity index (χ4v) is 5.47. The first-order valence-electron chi connectivity index (χ1n) is 10.3. The Morgan fingerprint density at radius 3 is 2.32 bits per heavy atom. The van der Waals surface area contributed by atoms with Gasteiger partial charge in [-0.25, -0.2) is 0 Å². The number of nitrogens with one attached hydrogen (secondary N) is 2. The average Bonchev–Trinajstić information content (AvgIpc) is 3.29. The van der Waals surface area contributed by atoms with Gasteiger partial charge in [0.05, 0.1) is 6.04 Å². The van der Waals surface area contributed by atoms with E-state index in [-0.39, 0.29) is 24.4 Å². The summed E-state index contributed by atoms with van der Waals surface area (Å²) in [4.78, 5) is 14.1. The largest absolute Gasteiger partial charge is 0.344 e. The molecular weight excluding hydrogens is 388 g/mol. The third-order valence-corrected chi connectivity index (χ3v) is 7.05. The summed E-state index contributed by atoms with van der Waals surface area (Å²) in [6.45, 7) is 4.42. The van der Waals surface area contributed by atoms with E-state index in [1.54, 1.807) is 11.3 Å². The van der Waals surface area contributed by atoms with Crippen LogP contribution in [0.3, 0.4) is 0 Å². The number of carbonyl (C=O) groups excluding carboxylic acids is 1. The van der Waals surface area contributed by atoms with Crippen molar-refractivity contribution >= 4 is 29.7 Å². The van der Waals surface area contributed by atoms with Crippen LogP contribution in [0.4, 0.5) is 0 Å². The Labute approximate surface area is 178 Å². The average molecular weight is 419 g/mol. The van der Waals surface area contributed by atoms with Crippen LogP contribution in [-0.4, -0.2) is 18.0 Å². The number of halogens is 1. The summed E-state index contributed by atoms with van der Waals surface area (Å²) in [5.41, 5.74) is 2.50. The molecule has 1 amide bonds. The van der Waals surface area contributed by atoms with E-state index < -0.39 is 0 Å². The zero-order valence-electron chi connectivity index (χ0n) is 16.7. The predicted octanol–water partition coefficient (Wildman–Crippen LogP) is 5.42. The molecule has 0 radical (unpaired) electrons. The molecule has 3 heterocycles. The van der Waals surface area contributed by atoms with Crippen molar-refractivity contribution in [3.8, 4) is 0 Å². The van der Waals surface area contributed by atoms with Gasteiger partial charge in [-0.1, -0.05) is 44.2 Å². The molecule has 3 atom stereocenters. The van der Waals surface area contributed by atoms with Gasteiger partial charge in [0, 0.05) is 23.4 Å². The topological polar surface area (TPSA) is 41.1 Å². The van der Waals surface area contributed by atoms with E-state index in [0.29, 0.717) is 30.3 Å². The van der Waals surface area contributed by atoms with Crippen LogP contribution in [0.2, 0.25) is 0 Å². The fourth-order valence-electron chi connectivity index (χ4n) is 4.67. The van der Waals surface area contributed by atoms with Crippen LogP contribution >= 0.6 is 23.7 Å². The van der Waals surface area contributed by atoms with Crippen LogP contribution in [0.15, 0.2) is 41.8 Å². The van der Waals surface area contributed by atoms with Crippen molar-refractivity contribution in [3.63, 3.8) is 0 Å². The molecule has 2 aliphatic rings. The monoisotopic (exact) mass is 418 g/mol. The van der Waals surface area contributed by atoms with Crippen molar-refractivity contribution in [2.75, 3.05) is 0 Å². The lowest BCUT2D eigenvalue weighted by Crippen LogP contribution is -2.40. The Morgan fingerprint density at radius 2 is 1.75 bits per heavy atom. The highest BCUT2D eigenvalue weighted by molar-refractivity contribution is 7.10. The number of piperidine rings is 1. The Kier molecular flexibility index (Phi) is 7.19. The van der Waals surface area contributed by atoms with E-state index in [1.807, 2.05) is 0 Å². The molecule has 1 aromatic heterocycles. The number of benzene rings is 1. The Bertz CT molecular complexity index is 747. The van der Waals surface area contributed by atoms with Gasteiger partial charge in [-0.3, -0.25) is 4.79 Å². The van der Waals surface area contributed by atoms with Crippen molar-refractivity contribution < 1.29 is 4.79 Å². The second-order valence-electron chi connectivity index (χ2n) is 8.52. The van der Waals surface area contributed by atoms with E-state index >= 15 is 0 Å². The minimum Gasteiger partial charge on any atom is -0.344 e. The Hall–Kier alpha value is -1.36. The van der Waals surface area contributed by atoms with Crippen molar-refractivity contribution in [1.82, 2.24) is 10.6 Å². The summed E-state index contributed by atoms with van der Waals surface area (Å²) in [5.74, 6) is 1.23. The SMILES string of the molecule is CC(C)c1ccc(C(NC(=O)CC2CC3CCC(C2)N3)c2cccs2)cc1.Cl. The van der Waals surface area contributed by atoms with Crippen LogP contribution in [0.1, 0.15) is 73.9 Å². The zero-order chi connectivity index (χ0) is 18.8. The molecule has 4 rings (SSSR count). The second-order valence-corrected chi connectivity index (χ2v) is 9.50. The minimum atomic E-state index is -0.0443. The summed E-state index contributed by atoms with van der Waals surface area (Å²) in [5, 5.41) is 9.08. The first kappa shape index (κ1) is 21.4. The molecule has 28 heavy (non-hydrogen) atoms. The molecule has 2 fully saturated rings. The first-order valence-corrected chi connectivity index (χ1v) is 11.1. The summed E-state index contributed by atoms with van der Waals surface area (Å²) in [6, 6.07) is 14.1. The van der Waals surface area contributed by atoms with Gasteiger partial charge in [0.2, 0.25) is 5.91 Å². The normalized spacial score (nSPS) is 24.6. The van der Waals surface area contributed by atoms with Gasteiger partial charge in [0.1, 0.15) is 0 Å². The van der Waals surface area contributed by atoms with Crippen molar-refractivity contribution in [2.24, 2.45) is 5.92 Å². The maximum absolute atomic E-state index is 12.9. The molecule has 1 aromatic carbocycles. The molecular formula is C23H31ClN2OS. The summed E-state index contributed by atoms with van der Waals surface area (Å²) >= 11 is 1.71. The third-order valence-electron chi connectivity index (χ3n) is 6.11. The molecule has 2 bridgehead atoms. The number of thiophene rings is 1. The molecule has 2 saturated heterocycles. The van der Waals surface area contributed by atoms with E-state index in [4.69, 9.17) is 0 Å². The lowest BCUT2D eigenvalue weighted by Gasteiger charge is -2.29. The second kappa shape index (κ2) is 9.43. The maximum atomic E-state index is 12.9. The highest BCUT2D eigenvalue weighted by Gasteiger charge is 2.34. The van der Waals surface area contributed by atoms with Gasteiger partial charge in [-0.2, -0.15) is 0 Å². The third kappa shape index (κ3) is 4.97. The highest BCUT2D eigenvalue weighted by atomic mass is 35.5. The Balaban J connectivity index is 0.00000225. The van der Waals surface area contributed by atoms with Crippen LogP contribution in [-0.2, 0) is 4.79 Å². The molecule has 2 aromatic rings. The van der Waals surface area contributed by atoms with Crippen LogP contribution < -0.4 is 10.6 Å². The minimum absolute atomic E-state index is 0. The quantitative estimate of drug-likeness (QED) is 0.657. The standard InChI is InChI=1S/C23H30N2OS.ClH/c1-15(2)17-5-7-18(8-6-17)23(21-4-3-11-27-21)25-22(26)14-16-12-19-9-10-20(13-16)24-19;/h3-8,11,15-16,19-20,23-24H,9-10,12-14H2,1-2H3,(H,25,26);1H. The molecule has 2 N–H and O–H groups in total. The molecule has 152 valence electrons. The van der Waals surface area contributed by atoms with E-state index in [2.05, 4.69) is 66.3 Å². The number of fused-ring (bicyclic) bond motifs is 2. The van der Waals surface area contributed by atoms with E-state index in [1.165, 1.54) is 28.8 Å². The van der Waals surface area contributed by atoms with Gasteiger partial charge in [-0.15, -0.1) is 23.7 Å².